The molecule has 106 valence electrons. The number of primary amides is 1. The average molecular weight is 281 g/mol. The van der Waals surface area contributed by atoms with Crippen molar-refractivity contribution < 1.29 is 9.53 Å². The van der Waals surface area contributed by atoms with Crippen LogP contribution in [0.4, 0.5) is 5.69 Å². The first-order valence-electron chi connectivity index (χ1n) is 6.41. The molecule has 1 amide bonds. The number of nitrogens with two attached hydrogens (primary N) is 1. The molecule has 3 N–H and O–H groups in total. The lowest BCUT2D eigenvalue weighted by molar-refractivity contribution is -0.119. The standard InChI is InChI=1S/C16H15N3O2/c17-9-12-1-3-13(4-2-12)10-19-14-5-7-15(8-6-14)21-11-16(18)20/h1-8,19H,10-11H2,(H2,18,20). The summed E-state index contributed by atoms with van der Waals surface area (Å²) in [4.78, 5) is 10.6. The lowest BCUT2D eigenvalue weighted by atomic mass is 10.1. The van der Waals surface area contributed by atoms with Gasteiger partial charge in [-0.25, -0.2) is 0 Å². The molecule has 0 fully saturated rings. The lowest BCUT2D eigenvalue weighted by Gasteiger charge is -2.08. The van der Waals surface area contributed by atoms with Crippen molar-refractivity contribution in [3.8, 4) is 11.8 Å². The molecular weight excluding hydrogens is 266 g/mol. The molecule has 2 aromatic carbocycles. The molecule has 0 aliphatic heterocycles. The Bertz CT molecular complexity index is 643. The van der Waals surface area contributed by atoms with Gasteiger partial charge in [-0.2, -0.15) is 5.26 Å². The molecule has 0 aliphatic carbocycles. The largest absolute Gasteiger partial charge is 0.484 e. The van der Waals surface area contributed by atoms with Gasteiger partial charge in [-0.15, -0.1) is 0 Å². The summed E-state index contributed by atoms with van der Waals surface area (Å²) < 4.78 is 5.18. The SMILES string of the molecule is N#Cc1ccc(CNc2ccc(OCC(N)=O)cc2)cc1. The lowest BCUT2D eigenvalue weighted by Crippen LogP contribution is -2.19. The van der Waals surface area contributed by atoms with E-state index in [1.165, 1.54) is 0 Å². The maximum absolute atomic E-state index is 10.6. The topological polar surface area (TPSA) is 88.1 Å². The summed E-state index contributed by atoms with van der Waals surface area (Å²) in [6.07, 6.45) is 0. The first-order chi connectivity index (χ1) is 10.2. The molecule has 0 aromatic heterocycles. The Balaban J connectivity index is 1.88. The number of hydrogen-bond donors (Lipinski definition) is 2. The average Bonchev–Trinajstić information content (AvgIpc) is 2.52. The Hall–Kier alpha value is -3.00. The van der Waals surface area contributed by atoms with Crippen LogP contribution in [0.2, 0.25) is 0 Å². The van der Waals surface area contributed by atoms with Crippen LogP contribution in [0, 0.1) is 11.3 Å². The van der Waals surface area contributed by atoms with E-state index in [1.54, 1.807) is 24.3 Å². The number of hydrogen-bond acceptors (Lipinski definition) is 4. The number of benzene rings is 2. The molecule has 21 heavy (non-hydrogen) atoms. The number of nitrogens with one attached hydrogen (secondary N) is 1. The highest BCUT2D eigenvalue weighted by Gasteiger charge is 1.99. The van der Waals surface area contributed by atoms with E-state index in [4.69, 9.17) is 15.7 Å². The zero-order valence-corrected chi connectivity index (χ0v) is 11.4. The van der Waals surface area contributed by atoms with Crippen LogP contribution in [0.5, 0.6) is 5.75 Å². The second kappa shape index (κ2) is 6.96. The summed E-state index contributed by atoms with van der Waals surface area (Å²) in [6, 6.07) is 16.7. The Morgan fingerprint density at radius 2 is 1.81 bits per heavy atom. The van der Waals surface area contributed by atoms with E-state index in [2.05, 4.69) is 11.4 Å². The van der Waals surface area contributed by atoms with E-state index in [1.807, 2.05) is 24.3 Å². The predicted octanol–water partition coefficient (Wildman–Crippen LogP) is 2.03. The molecular formula is C16H15N3O2. The van der Waals surface area contributed by atoms with E-state index in [0.717, 1.165) is 11.3 Å². The van der Waals surface area contributed by atoms with Gasteiger partial charge in [0.25, 0.3) is 5.91 Å². The molecule has 5 heteroatoms. The zero-order valence-electron chi connectivity index (χ0n) is 11.4. The number of rotatable bonds is 6. The van der Waals surface area contributed by atoms with Crippen molar-refractivity contribution in [3.05, 3.63) is 59.7 Å². The van der Waals surface area contributed by atoms with Crippen molar-refractivity contribution in [1.82, 2.24) is 0 Å². The molecule has 0 spiro atoms. The van der Waals surface area contributed by atoms with Gasteiger partial charge in [0.1, 0.15) is 5.75 Å². The fraction of sp³-hybridized carbons (Fsp3) is 0.125. The predicted molar refractivity (Wildman–Crippen MR) is 79.6 cm³/mol. The Labute approximate surface area is 123 Å². The number of nitrogens with zero attached hydrogens (tertiary/aromatic N) is 1. The summed E-state index contributed by atoms with van der Waals surface area (Å²) in [7, 11) is 0. The fourth-order valence-electron chi connectivity index (χ4n) is 1.72. The third-order valence-electron chi connectivity index (χ3n) is 2.82. The van der Waals surface area contributed by atoms with Gasteiger partial charge in [-0.1, -0.05) is 12.1 Å². The fourth-order valence-corrected chi connectivity index (χ4v) is 1.72. The molecule has 0 aliphatic rings. The van der Waals surface area contributed by atoms with Crippen LogP contribution in [-0.2, 0) is 11.3 Å². The molecule has 0 heterocycles. The molecule has 5 nitrogen and oxygen atoms in total. The maximum atomic E-state index is 10.6. The summed E-state index contributed by atoms with van der Waals surface area (Å²) >= 11 is 0. The molecule has 2 rings (SSSR count). The Morgan fingerprint density at radius 1 is 1.14 bits per heavy atom. The minimum absolute atomic E-state index is 0.127. The van der Waals surface area contributed by atoms with Crippen molar-refractivity contribution in [3.63, 3.8) is 0 Å². The maximum Gasteiger partial charge on any atom is 0.255 e. The van der Waals surface area contributed by atoms with Gasteiger partial charge in [0.2, 0.25) is 0 Å². The normalized spacial score (nSPS) is 9.67. The molecule has 0 saturated carbocycles. The van der Waals surface area contributed by atoms with Crippen LogP contribution in [-0.4, -0.2) is 12.5 Å². The monoisotopic (exact) mass is 281 g/mol. The van der Waals surface area contributed by atoms with Crippen LogP contribution >= 0.6 is 0 Å². The van der Waals surface area contributed by atoms with Crippen molar-refractivity contribution in [2.75, 3.05) is 11.9 Å². The Morgan fingerprint density at radius 3 is 2.38 bits per heavy atom. The highest BCUT2D eigenvalue weighted by atomic mass is 16.5. The quantitative estimate of drug-likeness (QED) is 0.848. The smallest absolute Gasteiger partial charge is 0.255 e. The van der Waals surface area contributed by atoms with Gasteiger partial charge in [-0.3, -0.25) is 4.79 Å². The van der Waals surface area contributed by atoms with Crippen molar-refractivity contribution in [2.45, 2.75) is 6.54 Å². The number of nitriles is 1. The number of ether oxygens (including phenoxy) is 1. The van der Waals surface area contributed by atoms with E-state index < -0.39 is 5.91 Å². The zero-order chi connectivity index (χ0) is 15.1. The molecule has 2 aromatic rings. The van der Waals surface area contributed by atoms with Crippen LogP contribution < -0.4 is 15.8 Å². The first-order valence-corrected chi connectivity index (χ1v) is 6.41. The second-order valence-corrected chi connectivity index (χ2v) is 4.44. The number of carbonyl (C=O) groups excluding carboxylic acids is 1. The summed E-state index contributed by atoms with van der Waals surface area (Å²) in [5.74, 6) is 0.0933. The van der Waals surface area contributed by atoms with Crippen molar-refractivity contribution >= 4 is 11.6 Å². The highest BCUT2D eigenvalue weighted by molar-refractivity contribution is 5.75. The number of anilines is 1. The van der Waals surface area contributed by atoms with Gasteiger partial charge in [0.15, 0.2) is 6.61 Å². The van der Waals surface area contributed by atoms with Crippen LogP contribution in [0.25, 0.3) is 0 Å². The van der Waals surface area contributed by atoms with E-state index in [9.17, 15) is 4.79 Å². The van der Waals surface area contributed by atoms with Crippen LogP contribution in [0.1, 0.15) is 11.1 Å². The van der Waals surface area contributed by atoms with E-state index >= 15 is 0 Å². The minimum atomic E-state index is -0.502. The van der Waals surface area contributed by atoms with Crippen LogP contribution in [0.15, 0.2) is 48.5 Å². The third-order valence-corrected chi connectivity index (χ3v) is 2.82. The van der Waals surface area contributed by atoms with Gasteiger partial charge in [-0.05, 0) is 42.0 Å². The third kappa shape index (κ3) is 4.55. The van der Waals surface area contributed by atoms with Crippen molar-refractivity contribution in [2.24, 2.45) is 5.73 Å². The number of amides is 1. The minimum Gasteiger partial charge on any atom is -0.484 e. The summed E-state index contributed by atoms with van der Waals surface area (Å²) in [5, 5.41) is 12.0. The van der Waals surface area contributed by atoms with Gasteiger partial charge < -0.3 is 15.8 Å². The van der Waals surface area contributed by atoms with Gasteiger partial charge in [0, 0.05) is 12.2 Å². The van der Waals surface area contributed by atoms with Gasteiger partial charge in [0.05, 0.1) is 11.6 Å². The molecule has 0 unspecified atom stereocenters. The van der Waals surface area contributed by atoms with Crippen molar-refractivity contribution in [1.29, 1.82) is 5.26 Å². The van der Waals surface area contributed by atoms with E-state index in [-0.39, 0.29) is 6.61 Å². The molecule has 0 atom stereocenters. The highest BCUT2D eigenvalue weighted by Crippen LogP contribution is 2.16. The molecule has 0 bridgehead atoms. The summed E-state index contributed by atoms with van der Waals surface area (Å²) in [5.41, 5.74) is 7.68. The van der Waals surface area contributed by atoms with Gasteiger partial charge >= 0.3 is 0 Å². The first kappa shape index (κ1) is 14.4. The van der Waals surface area contributed by atoms with E-state index in [0.29, 0.717) is 17.9 Å². The second-order valence-electron chi connectivity index (χ2n) is 4.44. The molecule has 0 radical (unpaired) electrons. The number of carbonyl (C=O) groups is 1. The summed E-state index contributed by atoms with van der Waals surface area (Å²) in [6.45, 7) is 0.533. The Kier molecular flexibility index (Phi) is 4.78. The molecule has 0 saturated heterocycles. The van der Waals surface area contributed by atoms with Crippen LogP contribution in [0.3, 0.4) is 0 Å².